The highest BCUT2D eigenvalue weighted by Crippen LogP contribution is 2.32. The molecule has 3 aromatic rings. The van der Waals surface area contributed by atoms with Crippen LogP contribution >= 0.6 is 0 Å². The van der Waals surface area contributed by atoms with Gasteiger partial charge in [-0.25, -0.2) is 32.7 Å². The number of sulfonamides is 1. The van der Waals surface area contributed by atoms with Gasteiger partial charge in [0.05, 0.1) is 22.8 Å². The third-order valence-corrected chi connectivity index (χ3v) is 8.01. The summed E-state index contributed by atoms with van der Waals surface area (Å²) in [5.74, 6) is -4.60. The van der Waals surface area contributed by atoms with E-state index in [2.05, 4.69) is 25.3 Å². The lowest BCUT2D eigenvalue weighted by molar-refractivity contribution is -0.145. The first kappa shape index (κ1) is 29.3. The Balaban J connectivity index is 1.58. The fourth-order valence-corrected chi connectivity index (χ4v) is 5.94. The van der Waals surface area contributed by atoms with E-state index >= 15 is 0 Å². The number of alkyl halides is 6. The number of benzene rings is 1. The molecule has 214 valence electrons. The highest BCUT2D eigenvalue weighted by atomic mass is 32.2. The number of amides is 1. The fraction of sp³-hybridized carbons (Fsp3) is 0.348. The molecule has 0 saturated carbocycles. The van der Waals surface area contributed by atoms with Gasteiger partial charge in [-0.1, -0.05) is 0 Å². The van der Waals surface area contributed by atoms with Gasteiger partial charge < -0.3 is 5.32 Å². The number of aromatic nitrogens is 4. The van der Waals surface area contributed by atoms with Crippen molar-refractivity contribution in [1.29, 1.82) is 0 Å². The second kappa shape index (κ2) is 10.7. The number of hydrogen-bond acceptors (Lipinski definition) is 7. The smallest absolute Gasteiger partial charge is 0.349 e. The van der Waals surface area contributed by atoms with Gasteiger partial charge in [0, 0.05) is 24.0 Å². The molecule has 1 aliphatic heterocycles. The molecule has 1 aromatic carbocycles. The number of hydrogen-bond donors (Lipinski definition) is 1. The van der Waals surface area contributed by atoms with Gasteiger partial charge in [0.25, 0.3) is 0 Å². The molecule has 1 N–H and O–H groups in total. The number of nitrogens with one attached hydrogen (secondary N) is 1. The van der Waals surface area contributed by atoms with Crippen LogP contribution in [-0.2, 0) is 33.7 Å². The molecule has 0 bridgehead atoms. The van der Waals surface area contributed by atoms with E-state index < -0.39 is 70.1 Å². The summed E-state index contributed by atoms with van der Waals surface area (Å²) in [6, 6.07) is 3.20. The molecule has 1 aliphatic rings. The summed E-state index contributed by atoms with van der Waals surface area (Å²) in [5, 5.41) is 2.37. The summed E-state index contributed by atoms with van der Waals surface area (Å²) >= 11 is 0. The predicted octanol–water partition coefficient (Wildman–Crippen LogP) is 3.97. The van der Waals surface area contributed by atoms with Gasteiger partial charge in [0.15, 0.2) is 0 Å². The van der Waals surface area contributed by atoms with Gasteiger partial charge in [0.1, 0.15) is 11.9 Å². The van der Waals surface area contributed by atoms with E-state index in [1.54, 1.807) is 6.92 Å². The average Bonchev–Trinajstić information content (AvgIpc) is 3.28. The molecule has 17 heteroatoms. The minimum absolute atomic E-state index is 0.110. The Morgan fingerprint density at radius 3 is 2.15 bits per heavy atom. The van der Waals surface area contributed by atoms with Crippen molar-refractivity contribution in [3.63, 3.8) is 0 Å². The molecule has 2 aromatic heterocycles. The molecule has 0 aliphatic carbocycles. The molecule has 1 saturated heterocycles. The largest absolute Gasteiger partial charge is 0.451 e. The normalized spacial score (nSPS) is 18.6. The van der Waals surface area contributed by atoms with E-state index in [0.717, 1.165) is 34.6 Å². The first-order chi connectivity index (χ1) is 18.6. The van der Waals surface area contributed by atoms with Crippen LogP contribution in [0.25, 0.3) is 11.3 Å². The Labute approximate surface area is 222 Å². The molecule has 4 rings (SSSR count). The monoisotopic (exact) mass is 592 g/mol. The fourth-order valence-electron chi connectivity index (χ4n) is 4.10. The number of carbonyl (C=O) groups excluding carboxylic acids is 1. The van der Waals surface area contributed by atoms with Crippen molar-refractivity contribution in [2.24, 2.45) is 0 Å². The Hall–Kier alpha value is -3.73. The molecule has 1 amide bonds. The maximum Gasteiger partial charge on any atom is 0.451 e. The summed E-state index contributed by atoms with van der Waals surface area (Å²) in [4.78, 5) is 25.7. The van der Waals surface area contributed by atoms with E-state index in [0.29, 0.717) is 18.8 Å². The van der Waals surface area contributed by atoms with E-state index in [1.807, 2.05) is 0 Å². The highest BCUT2D eigenvalue weighted by Gasteiger charge is 2.44. The Kier molecular flexibility index (Phi) is 7.81. The minimum atomic E-state index is -5.04. The zero-order valence-electron chi connectivity index (χ0n) is 20.3. The quantitative estimate of drug-likeness (QED) is 0.431. The van der Waals surface area contributed by atoms with E-state index in [4.69, 9.17) is 0 Å². The zero-order valence-corrected chi connectivity index (χ0v) is 21.1. The predicted molar refractivity (Wildman–Crippen MR) is 123 cm³/mol. The maximum atomic E-state index is 13.5. The SMILES string of the molecule is C[C@H]1CC[C@@H](C(=O)NCc2cc(-c3cnc(C(F)(F)F)nc3)nc(C(F)(F)F)n2)N1S(=O)(=O)c1ccc(F)cc1. The van der Waals surface area contributed by atoms with Crippen LogP contribution in [0.1, 0.15) is 37.1 Å². The number of halogens is 7. The molecule has 0 spiro atoms. The minimum Gasteiger partial charge on any atom is -0.349 e. The van der Waals surface area contributed by atoms with E-state index in [1.165, 1.54) is 0 Å². The summed E-state index contributed by atoms with van der Waals surface area (Å²) < 4.78 is 119. The van der Waals surface area contributed by atoms with Crippen molar-refractivity contribution in [1.82, 2.24) is 29.6 Å². The Bertz CT molecular complexity index is 1500. The maximum absolute atomic E-state index is 13.5. The number of nitrogens with zero attached hydrogens (tertiary/aromatic N) is 5. The molecule has 1 fully saturated rings. The summed E-state index contributed by atoms with van der Waals surface area (Å²) in [6.07, 6.45) is -8.19. The van der Waals surface area contributed by atoms with Gasteiger partial charge in [-0.15, -0.1) is 0 Å². The lowest BCUT2D eigenvalue weighted by atomic mass is 10.2. The lowest BCUT2D eigenvalue weighted by Crippen LogP contribution is -2.48. The Morgan fingerprint density at radius 1 is 0.975 bits per heavy atom. The first-order valence-corrected chi connectivity index (χ1v) is 12.9. The molecule has 9 nitrogen and oxygen atoms in total. The second-order valence-corrected chi connectivity index (χ2v) is 10.7. The van der Waals surface area contributed by atoms with Gasteiger partial charge >= 0.3 is 12.4 Å². The summed E-state index contributed by atoms with van der Waals surface area (Å²) in [6.45, 7) is 0.987. The molecule has 40 heavy (non-hydrogen) atoms. The second-order valence-electron chi connectivity index (χ2n) is 8.81. The standard InChI is InChI=1S/C23H19F7N6O3S/c1-12-2-7-18(36(12)40(38,39)16-5-3-14(24)4-6-16)19(37)31-11-15-8-17(35-21(34-15)23(28,29)30)13-9-32-20(33-10-13)22(25,26)27/h3-6,8-10,12,18H,2,7,11H2,1H3,(H,31,37)/t12-,18-/m0/s1. The van der Waals surface area contributed by atoms with Crippen molar-refractivity contribution < 1.29 is 43.9 Å². The number of carbonyl (C=O) groups is 1. The van der Waals surface area contributed by atoms with Crippen molar-refractivity contribution in [2.45, 2.75) is 55.6 Å². The van der Waals surface area contributed by atoms with Crippen molar-refractivity contribution in [3.05, 3.63) is 65.9 Å². The van der Waals surface area contributed by atoms with Crippen LogP contribution < -0.4 is 5.32 Å². The lowest BCUT2D eigenvalue weighted by Gasteiger charge is -2.27. The van der Waals surface area contributed by atoms with Crippen molar-refractivity contribution in [3.8, 4) is 11.3 Å². The van der Waals surface area contributed by atoms with Crippen LogP contribution in [0.5, 0.6) is 0 Å². The summed E-state index contributed by atoms with van der Waals surface area (Å²) in [7, 11) is -4.23. The van der Waals surface area contributed by atoms with Crippen LogP contribution in [0.15, 0.2) is 47.6 Å². The molecular formula is C23H19F7N6O3S. The van der Waals surface area contributed by atoms with Crippen LogP contribution in [0.2, 0.25) is 0 Å². The van der Waals surface area contributed by atoms with Crippen LogP contribution in [0.4, 0.5) is 30.7 Å². The van der Waals surface area contributed by atoms with Gasteiger partial charge in [0.2, 0.25) is 27.6 Å². The van der Waals surface area contributed by atoms with E-state index in [-0.39, 0.29) is 22.6 Å². The van der Waals surface area contributed by atoms with E-state index in [9.17, 15) is 43.9 Å². The van der Waals surface area contributed by atoms with Crippen LogP contribution in [-0.4, -0.2) is 50.6 Å². The molecule has 0 unspecified atom stereocenters. The topological polar surface area (TPSA) is 118 Å². The third kappa shape index (κ3) is 6.19. The first-order valence-electron chi connectivity index (χ1n) is 11.5. The number of rotatable bonds is 6. The van der Waals surface area contributed by atoms with Gasteiger partial charge in [-0.05, 0) is 50.1 Å². The van der Waals surface area contributed by atoms with Crippen LogP contribution in [0, 0.1) is 5.82 Å². The Morgan fingerprint density at radius 2 is 1.57 bits per heavy atom. The average molecular weight is 592 g/mol. The molecule has 3 heterocycles. The molecular weight excluding hydrogens is 573 g/mol. The molecule has 2 atom stereocenters. The van der Waals surface area contributed by atoms with Crippen molar-refractivity contribution in [2.75, 3.05) is 0 Å². The third-order valence-electron chi connectivity index (χ3n) is 5.97. The zero-order chi connectivity index (χ0) is 29.5. The summed E-state index contributed by atoms with van der Waals surface area (Å²) in [5.41, 5.74) is -1.07. The van der Waals surface area contributed by atoms with Gasteiger partial charge in [-0.3, -0.25) is 4.79 Å². The van der Waals surface area contributed by atoms with Crippen molar-refractivity contribution >= 4 is 15.9 Å². The van der Waals surface area contributed by atoms with Crippen LogP contribution in [0.3, 0.4) is 0 Å². The van der Waals surface area contributed by atoms with Gasteiger partial charge in [-0.2, -0.15) is 30.6 Å². The highest BCUT2D eigenvalue weighted by molar-refractivity contribution is 7.89. The molecule has 0 radical (unpaired) electrons.